The Kier molecular flexibility index (Phi) is 5.71. The molecule has 0 radical (unpaired) electrons. The Hall–Kier alpha value is -3.00. The van der Waals surface area contributed by atoms with Crippen LogP contribution in [0.1, 0.15) is 43.0 Å². The van der Waals surface area contributed by atoms with Crippen LogP contribution in [0.5, 0.6) is 0 Å². The first-order chi connectivity index (χ1) is 14.1. The quantitative estimate of drug-likeness (QED) is 0.386. The zero-order chi connectivity index (χ0) is 20.2. The normalized spacial score (nSPS) is 14.5. The summed E-state index contributed by atoms with van der Waals surface area (Å²) in [5, 5.41) is 20.6. The van der Waals surface area contributed by atoms with Gasteiger partial charge in [0.1, 0.15) is 5.82 Å². The average Bonchev–Trinajstić information content (AvgIpc) is 3.25. The molecule has 0 bridgehead atoms. The number of anilines is 3. The van der Waals surface area contributed by atoms with Crippen LogP contribution in [-0.2, 0) is 0 Å². The lowest BCUT2D eigenvalue weighted by Crippen LogP contribution is -2.03. The van der Waals surface area contributed by atoms with Gasteiger partial charge in [-0.3, -0.25) is 10.1 Å². The summed E-state index contributed by atoms with van der Waals surface area (Å²) in [5.41, 5.74) is 2.70. The van der Waals surface area contributed by atoms with Crippen LogP contribution in [0.4, 0.5) is 23.0 Å². The summed E-state index contributed by atoms with van der Waals surface area (Å²) >= 11 is 1.75. The highest BCUT2D eigenvalue weighted by molar-refractivity contribution is 7.10. The molecule has 2 N–H and O–H groups in total. The van der Waals surface area contributed by atoms with Crippen LogP contribution < -0.4 is 10.6 Å². The molecule has 8 heteroatoms. The van der Waals surface area contributed by atoms with Gasteiger partial charge in [-0.05, 0) is 31.0 Å². The second-order valence-corrected chi connectivity index (χ2v) is 8.07. The van der Waals surface area contributed by atoms with E-state index in [-0.39, 0.29) is 11.5 Å². The molecular formula is C21H23N5O2S. The van der Waals surface area contributed by atoms with Gasteiger partial charge in [-0.2, -0.15) is 0 Å². The minimum Gasteiger partial charge on any atom is -0.373 e. The summed E-state index contributed by atoms with van der Waals surface area (Å²) in [5.74, 6) is 1.38. The summed E-state index contributed by atoms with van der Waals surface area (Å²) in [4.78, 5) is 20.0. The fourth-order valence-corrected chi connectivity index (χ4v) is 4.65. The van der Waals surface area contributed by atoms with Gasteiger partial charge in [0.05, 0.1) is 15.6 Å². The molecule has 1 aromatic carbocycles. The van der Waals surface area contributed by atoms with E-state index in [0.29, 0.717) is 11.7 Å². The van der Waals surface area contributed by atoms with Crippen molar-refractivity contribution in [2.45, 2.75) is 38.0 Å². The molecule has 7 nitrogen and oxygen atoms in total. The fraction of sp³-hybridized carbons (Fsp3) is 0.333. The highest BCUT2D eigenvalue weighted by Gasteiger charge is 2.19. The Morgan fingerprint density at radius 2 is 1.83 bits per heavy atom. The van der Waals surface area contributed by atoms with Crippen LogP contribution in [-0.4, -0.2) is 21.9 Å². The van der Waals surface area contributed by atoms with Crippen LogP contribution in [0.3, 0.4) is 0 Å². The largest absolute Gasteiger partial charge is 0.373 e. The molecule has 3 aromatic rings. The lowest BCUT2D eigenvalue weighted by atomic mass is 9.90. The van der Waals surface area contributed by atoms with E-state index >= 15 is 0 Å². The molecule has 0 unspecified atom stereocenters. The third-order valence-electron chi connectivity index (χ3n) is 5.25. The second-order valence-electron chi connectivity index (χ2n) is 7.18. The smallest absolute Gasteiger partial charge is 0.311 e. The number of thiazole rings is 1. The molecule has 1 saturated carbocycles. The molecule has 2 aromatic heterocycles. The number of benzene rings is 1. The van der Waals surface area contributed by atoms with Gasteiger partial charge in [0.15, 0.2) is 0 Å². The fourth-order valence-electron chi connectivity index (χ4n) is 3.65. The summed E-state index contributed by atoms with van der Waals surface area (Å²) in [6, 6.07) is 10.8. The van der Waals surface area contributed by atoms with Crippen molar-refractivity contribution in [1.82, 2.24) is 9.97 Å². The SMILES string of the molecule is CNc1ccc([N+](=O)[O-])c(Nc2ccc(-c3csc(C4CCCCC4)n3)cc2)n1. The second kappa shape index (κ2) is 8.57. The zero-order valence-electron chi connectivity index (χ0n) is 16.2. The standard InChI is InChI=1S/C21H23N5O2S/c1-22-19-12-11-18(26(27)28)20(25-19)23-16-9-7-14(8-10-16)17-13-29-21(24-17)15-5-3-2-4-6-15/h7-13,15H,2-6H2,1H3,(H2,22,23,25). The van der Waals surface area contributed by atoms with Gasteiger partial charge in [0, 0.05) is 35.7 Å². The monoisotopic (exact) mass is 409 g/mol. The van der Waals surface area contributed by atoms with Crippen molar-refractivity contribution in [3.05, 3.63) is 56.9 Å². The van der Waals surface area contributed by atoms with Crippen LogP contribution in [0, 0.1) is 10.1 Å². The van der Waals surface area contributed by atoms with Gasteiger partial charge >= 0.3 is 5.69 Å². The van der Waals surface area contributed by atoms with Crippen LogP contribution in [0.25, 0.3) is 11.3 Å². The van der Waals surface area contributed by atoms with Crippen molar-refractivity contribution in [2.24, 2.45) is 0 Å². The molecule has 0 spiro atoms. The minimum absolute atomic E-state index is 0.0651. The van der Waals surface area contributed by atoms with Crippen molar-refractivity contribution in [1.29, 1.82) is 0 Å². The van der Waals surface area contributed by atoms with Crippen molar-refractivity contribution >= 4 is 34.3 Å². The van der Waals surface area contributed by atoms with E-state index in [1.807, 2.05) is 24.3 Å². The molecule has 4 rings (SSSR count). The minimum atomic E-state index is -0.439. The van der Waals surface area contributed by atoms with E-state index in [0.717, 1.165) is 16.9 Å². The van der Waals surface area contributed by atoms with Gasteiger partial charge in [-0.1, -0.05) is 31.4 Å². The number of hydrogen-bond donors (Lipinski definition) is 2. The maximum atomic E-state index is 11.3. The first kappa shape index (κ1) is 19.3. The van der Waals surface area contributed by atoms with Gasteiger partial charge in [0.25, 0.3) is 0 Å². The Bertz CT molecular complexity index is 997. The predicted octanol–water partition coefficient (Wildman–Crippen LogP) is 5.95. The Balaban J connectivity index is 1.52. The lowest BCUT2D eigenvalue weighted by Gasteiger charge is -2.18. The zero-order valence-corrected chi connectivity index (χ0v) is 17.0. The third-order valence-corrected chi connectivity index (χ3v) is 6.25. The van der Waals surface area contributed by atoms with Crippen molar-refractivity contribution in [2.75, 3.05) is 17.7 Å². The Morgan fingerprint density at radius 3 is 2.52 bits per heavy atom. The summed E-state index contributed by atoms with van der Waals surface area (Å²) in [6.45, 7) is 0. The number of pyridine rings is 1. The molecule has 0 atom stereocenters. The molecule has 0 saturated heterocycles. The van der Waals surface area contributed by atoms with E-state index in [1.54, 1.807) is 24.5 Å². The highest BCUT2D eigenvalue weighted by Crippen LogP contribution is 2.36. The number of nitrogens with one attached hydrogen (secondary N) is 2. The number of nitro groups is 1. The van der Waals surface area contributed by atoms with Gasteiger partial charge in [-0.25, -0.2) is 9.97 Å². The summed E-state index contributed by atoms with van der Waals surface area (Å²) in [6.07, 6.45) is 6.43. The van der Waals surface area contributed by atoms with Gasteiger partial charge in [0.2, 0.25) is 5.82 Å². The van der Waals surface area contributed by atoms with Crippen molar-refractivity contribution < 1.29 is 4.92 Å². The Morgan fingerprint density at radius 1 is 1.07 bits per heavy atom. The highest BCUT2D eigenvalue weighted by atomic mass is 32.1. The number of nitrogens with zero attached hydrogens (tertiary/aromatic N) is 3. The average molecular weight is 410 g/mol. The molecule has 150 valence electrons. The first-order valence-corrected chi connectivity index (χ1v) is 10.7. The molecule has 29 heavy (non-hydrogen) atoms. The topological polar surface area (TPSA) is 93.0 Å². The molecule has 1 aliphatic carbocycles. The predicted molar refractivity (Wildman–Crippen MR) is 117 cm³/mol. The summed E-state index contributed by atoms with van der Waals surface area (Å²) in [7, 11) is 1.72. The maximum absolute atomic E-state index is 11.3. The number of rotatable bonds is 6. The van der Waals surface area contributed by atoms with E-state index in [2.05, 4.69) is 21.0 Å². The number of aromatic nitrogens is 2. The Labute approximate surface area is 173 Å². The van der Waals surface area contributed by atoms with Crippen LogP contribution in [0.15, 0.2) is 41.8 Å². The van der Waals surface area contributed by atoms with Crippen LogP contribution in [0.2, 0.25) is 0 Å². The lowest BCUT2D eigenvalue weighted by molar-refractivity contribution is -0.384. The molecular weight excluding hydrogens is 386 g/mol. The first-order valence-electron chi connectivity index (χ1n) is 9.80. The van der Waals surface area contributed by atoms with E-state index in [9.17, 15) is 10.1 Å². The molecule has 0 amide bonds. The van der Waals surface area contributed by atoms with E-state index in [4.69, 9.17) is 4.98 Å². The van der Waals surface area contributed by atoms with Gasteiger partial charge in [-0.15, -0.1) is 11.3 Å². The van der Waals surface area contributed by atoms with Crippen molar-refractivity contribution in [3.8, 4) is 11.3 Å². The molecule has 1 aliphatic rings. The van der Waals surface area contributed by atoms with Crippen molar-refractivity contribution in [3.63, 3.8) is 0 Å². The van der Waals surface area contributed by atoms with E-state index in [1.165, 1.54) is 43.2 Å². The van der Waals surface area contributed by atoms with Crippen LogP contribution >= 0.6 is 11.3 Å². The molecule has 1 fully saturated rings. The third kappa shape index (κ3) is 4.37. The van der Waals surface area contributed by atoms with E-state index < -0.39 is 4.92 Å². The summed E-state index contributed by atoms with van der Waals surface area (Å²) < 4.78 is 0. The maximum Gasteiger partial charge on any atom is 0.311 e. The van der Waals surface area contributed by atoms with Gasteiger partial charge < -0.3 is 10.6 Å². The molecule has 2 heterocycles. The molecule has 0 aliphatic heterocycles. The number of hydrogen-bond acceptors (Lipinski definition) is 7.